The molecule has 24 heavy (non-hydrogen) atoms. The summed E-state index contributed by atoms with van der Waals surface area (Å²) in [6, 6.07) is 3.99. The summed E-state index contributed by atoms with van der Waals surface area (Å²) in [6.45, 7) is 2.27. The number of piperazine rings is 1. The first-order valence-corrected chi connectivity index (χ1v) is 8.85. The molecule has 0 atom stereocenters. The molecule has 2 aliphatic heterocycles. The first-order valence-electron chi connectivity index (χ1n) is 7.41. The third-order valence-corrected chi connectivity index (χ3v) is 5.85. The molecule has 0 spiro atoms. The van der Waals surface area contributed by atoms with E-state index >= 15 is 0 Å². The molecule has 2 heterocycles. The van der Waals surface area contributed by atoms with Crippen molar-refractivity contribution in [1.82, 2.24) is 9.21 Å². The fraction of sp³-hybridized carbons (Fsp3) is 0.429. The average molecular weight is 352 g/mol. The minimum absolute atomic E-state index is 0.0120. The van der Waals surface area contributed by atoms with Crippen LogP contribution in [0.25, 0.3) is 0 Å². The molecule has 1 N–H and O–H groups in total. The molecule has 0 aliphatic carbocycles. The Bertz CT molecular complexity index is 904. The topological polar surface area (TPSA) is 120 Å². The molecule has 128 valence electrons. The molecule has 0 aromatic heterocycles. The third-order valence-electron chi connectivity index (χ3n) is 3.96. The Morgan fingerprint density at radius 2 is 1.62 bits per heavy atom. The molecular weight excluding hydrogens is 336 g/mol. The van der Waals surface area contributed by atoms with Crippen LogP contribution in [0, 0.1) is 0 Å². The zero-order valence-corrected chi connectivity index (χ0v) is 13.6. The van der Waals surface area contributed by atoms with E-state index in [1.165, 1.54) is 22.5 Å². The number of amides is 2. The van der Waals surface area contributed by atoms with E-state index in [0.29, 0.717) is 32.7 Å². The predicted octanol–water partition coefficient (Wildman–Crippen LogP) is -2.71. The van der Waals surface area contributed by atoms with Crippen LogP contribution in [-0.4, -0.2) is 73.9 Å². The molecular formula is C14H16N4O5S. The van der Waals surface area contributed by atoms with Gasteiger partial charge in [-0.05, 0) is 18.2 Å². The van der Waals surface area contributed by atoms with E-state index in [1.54, 1.807) is 0 Å². The second-order valence-electron chi connectivity index (χ2n) is 5.45. The van der Waals surface area contributed by atoms with E-state index in [-0.39, 0.29) is 22.2 Å². The summed E-state index contributed by atoms with van der Waals surface area (Å²) < 4.78 is 26.8. The van der Waals surface area contributed by atoms with Gasteiger partial charge in [0.15, 0.2) is 0 Å². The zero-order chi connectivity index (χ0) is 17.3. The van der Waals surface area contributed by atoms with E-state index in [2.05, 4.69) is 9.98 Å². The Morgan fingerprint density at radius 3 is 2.25 bits per heavy atom. The number of hydrogen-bond donors (Lipinski definition) is 1. The van der Waals surface area contributed by atoms with E-state index in [0.717, 1.165) is 0 Å². The van der Waals surface area contributed by atoms with Crippen LogP contribution in [0.2, 0.25) is 0 Å². The molecule has 3 rings (SSSR count). The molecule has 1 fully saturated rings. The minimum Gasteiger partial charge on any atom is -0.395 e. The van der Waals surface area contributed by atoms with Crippen molar-refractivity contribution in [3.8, 4) is 0 Å². The first-order chi connectivity index (χ1) is 11.4. The van der Waals surface area contributed by atoms with Crippen molar-refractivity contribution >= 4 is 21.8 Å². The Hall–Kier alpha value is -2.01. The standard InChI is InChI=1S/C14H16N4O5S/c19-8-7-17-3-5-18(6-4-17)24(22,23)10-1-2-11-12(9-10)16-14(21)13(20)15-11/h1-2,9,19H,3-8H2. The van der Waals surface area contributed by atoms with Gasteiger partial charge in [-0.25, -0.2) is 18.4 Å². The highest BCUT2D eigenvalue weighted by Gasteiger charge is 2.28. The second-order valence-corrected chi connectivity index (χ2v) is 7.39. The number of hydrogen-bond acceptors (Lipinski definition) is 6. The Balaban J connectivity index is 1.88. The molecule has 0 radical (unpaired) electrons. The van der Waals surface area contributed by atoms with Crippen LogP contribution in [0.3, 0.4) is 0 Å². The van der Waals surface area contributed by atoms with Crippen molar-refractivity contribution in [2.24, 2.45) is 9.98 Å². The quantitative estimate of drug-likeness (QED) is 0.589. The zero-order valence-electron chi connectivity index (χ0n) is 12.8. The van der Waals surface area contributed by atoms with Crippen LogP contribution in [0.5, 0.6) is 0 Å². The van der Waals surface area contributed by atoms with Crippen molar-refractivity contribution < 1.29 is 23.1 Å². The Labute approximate surface area is 138 Å². The fourth-order valence-corrected chi connectivity index (χ4v) is 4.09. The normalized spacial score (nSPS) is 19.5. The molecule has 0 bridgehead atoms. The molecule has 2 aliphatic rings. The van der Waals surface area contributed by atoms with Gasteiger partial charge in [0.2, 0.25) is 10.0 Å². The monoisotopic (exact) mass is 352 g/mol. The molecule has 1 aromatic rings. The molecule has 1 saturated heterocycles. The Morgan fingerprint density at radius 1 is 1.00 bits per heavy atom. The summed E-state index contributed by atoms with van der Waals surface area (Å²) >= 11 is 0. The molecule has 2 amide bonds. The van der Waals surface area contributed by atoms with Crippen molar-refractivity contribution in [2.75, 3.05) is 39.3 Å². The summed E-state index contributed by atoms with van der Waals surface area (Å²) in [5, 5.41) is 9.20. The molecule has 10 heteroatoms. The number of aliphatic hydroxyl groups excluding tert-OH is 1. The van der Waals surface area contributed by atoms with Crippen LogP contribution in [0.4, 0.5) is 0 Å². The number of carbonyl (C=O) groups excluding carboxylic acids is 2. The highest BCUT2D eigenvalue weighted by atomic mass is 32.2. The van der Waals surface area contributed by atoms with Gasteiger partial charge in [-0.2, -0.15) is 4.31 Å². The number of aliphatic hydroxyl groups is 1. The molecule has 0 saturated carbocycles. The number of fused-ring (bicyclic) bond motifs is 1. The van der Waals surface area contributed by atoms with Gasteiger partial charge in [0.25, 0.3) is 0 Å². The van der Waals surface area contributed by atoms with Gasteiger partial charge < -0.3 is 5.11 Å². The lowest BCUT2D eigenvalue weighted by Gasteiger charge is -2.33. The van der Waals surface area contributed by atoms with E-state index in [1.807, 2.05) is 4.90 Å². The van der Waals surface area contributed by atoms with Crippen molar-refractivity contribution in [1.29, 1.82) is 0 Å². The van der Waals surface area contributed by atoms with Crippen LogP contribution < -0.4 is 10.7 Å². The highest BCUT2D eigenvalue weighted by molar-refractivity contribution is 7.89. The van der Waals surface area contributed by atoms with E-state index < -0.39 is 21.8 Å². The van der Waals surface area contributed by atoms with Crippen molar-refractivity contribution in [3.63, 3.8) is 0 Å². The molecule has 0 unspecified atom stereocenters. The minimum atomic E-state index is -3.72. The maximum Gasteiger partial charge on any atom is 0.338 e. The van der Waals surface area contributed by atoms with Gasteiger partial charge in [0, 0.05) is 32.7 Å². The fourth-order valence-electron chi connectivity index (χ4n) is 2.65. The van der Waals surface area contributed by atoms with Gasteiger partial charge in [-0.3, -0.25) is 14.5 Å². The van der Waals surface area contributed by atoms with Gasteiger partial charge in [0.1, 0.15) is 0 Å². The largest absolute Gasteiger partial charge is 0.395 e. The van der Waals surface area contributed by atoms with Crippen molar-refractivity contribution in [2.45, 2.75) is 4.90 Å². The average Bonchev–Trinajstić information content (AvgIpc) is 2.56. The van der Waals surface area contributed by atoms with Crippen LogP contribution >= 0.6 is 0 Å². The maximum atomic E-state index is 12.7. The summed E-state index contributed by atoms with van der Waals surface area (Å²) in [5.74, 6) is -1.97. The molecule has 1 aromatic carbocycles. The highest BCUT2D eigenvalue weighted by Crippen LogP contribution is 2.15. The lowest BCUT2D eigenvalue weighted by Crippen LogP contribution is -2.49. The smallest absolute Gasteiger partial charge is 0.338 e. The Kier molecular flexibility index (Phi) is 4.54. The summed E-state index contributed by atoms with van der Waals surface area (Å²) in [6.07, 6.45) is 0. The predicted molar refractivity (Wildman–Crippen MR) is 81.1 cm³/mol. The second kappa shape index (κ2) is 6.48. The van der Waals surface area contributed by atoms with Crippen LogP contribution in [0.1, 0.15) is 0 Å². The first kappa shape index (κ1) is 16.8. The van der Waals surface area contributed by atoms with E-state index in [9.17, 15) is 18.0 Å². The summed E-state index contributed by atoms with van der Waals surface area (Å²) in [5.41, 5.74) is 0. The lowest BCUT2D eigenvalue weighted by molar-refractivity contribution is -0.135. The lowest BCUT2D eigenvalue weighted by atomic mass is 10.3. The summed E-state index contributed by atoms with van der Waals surface area (Å²) in [7, 11) is -3.72. The number of carbonyl (C=O) groups is 2. The van der Waals surface area contributed by atoms with Gasteiger partial charge in [0.05, 0.1) is 22.2 Å². The summed E-state index contributed by atoms with van der Waals surface area (Å²) in [4.78, 5) is 31.7. The number of rotatable bonds is 4. The van der Waals surface area contributed by atoms with Gasteiger partial charge >= 0.3 is 11.8 Å². The van der Waals surface area contributed by atoms with Gasteiger partial charge in [-0.1, -0.05) is 0 Å². The number of sulfonamides is 1. The van der Waals surface area contributed by atoms with Crippen molar-refractivity contribution in [3.05, 3.63) is 28.9 Å². The van der Waals surface area contributed by atoms with E-state index in [4.69, 9.17) is 5.11 Å². The number of β-amino-alcohol motifs (C(OH)–C–C–N with tert-alkyl or cyclic N) is 1. The van der Waals surface area contributed by atoms with Gasteiger partial charge in [-0.15, -0.1) is 0 Å². The molecule has 9 nitrogen and oxygen atoms in total. The third kappa shape index (κ3) is 3.13. The SMILES string of the molecule is O=C1N=c2ccc(S(=O)(=O)N3CCN(CCO)CC3)cc2=NC1=O. The number of benzene rings is 1. The van der Waals surface area contributed by atoms with Crippen LogP contribution in [0.15, 0.2) is 33.1 Å². The van der Waals surface area contributed by atoms with Crippen LogP contribution in [-0.2, 0) is 19.6 Å². The maximum absolute atomic E-state index is 12.7. The number of nitrogens with zero attached hydrogens (tertiary/aromatic N) is 4.